The van der Waals surface area contributed by atoms with Gasteiger partial charge in [0.25, 0.3) is 0 Å². The van der Waals surface area contributed by atoms with E-state index in [1.807, 2.05) is 36.6 Å². The topological polar surface area (TPSA) is 89.0 Å². The number of nitrogens with zero attached hydrogens (tertiary/aromatic N) is 1. The number of thioether (sulfide) groups is 1. The quantitative estimate of drug-likeness (QED) is 0.173. The molecule has 7 nitrogen and oxygen atoms in total. The summed E-state index contributed by atoms with van der Waals surface area (Å²) < 4.78 is 11.1. The van der Waals surface area contributed by atoms with Gasteiger partial charge in [-0.1, -0.05) is 0 Å². The number of amides is 1. The molecule has 0 heterocycles. The number of nitrogens with one attached hydrogen (secondary N) is 2. The first-order valence-electron chi connectivity index (χ1n) is 9.35. The van der Waals surface area contributed by atoms with Crippen molar-refractivity contribution in [2.24, 2.45) is 4.99 Å². The van der Waals surface area contributed by atoms with Gasteiger partial charge in [-0.3, -0.25) is 0 Å². The summed E-state index contributed by atoms with van der Waals surface area (Å²) in [6.07, 6.45) is 2.12. The van der Waals surface area contributed by atoms with E-state index >= 15 is 0 Å². The van der Waals surface area contributed by atoms with Crippen LogP contribution in [0.15, 0.2) is 35.3 Å². The van der Waals surface area contributed by atoms with E-state index in [0.29, 0.717) is 24.2 Å². The predicted molar refractivity (Wildman–Crippen MR) is 118 cm³/mol. The zero-order valence-electron chi connectivity index (χ0n) is 17.4. The Morgan fingerprint density at radius 1 is 1.24 bits per heavy atom. The number of alkyl carbamates (subject to hydrolysis) is 1. The minimum atomic E-state index is -0.538. The van der Waals surface area contributed by atoms with Gasteiger partial charge in [-0.2, -0.15) is 0 Å². The third-order valence-corrected chi connectivity index (χ3v) is 4.61. The van der Waals surface area contributed by atoms with Gasteiger partial charge in [-0.15, -0.1) is 0 Å². The minimum absolute atomic E-state index is 0.233. The van der Waals surface area contributed by atoms with E-state index in [1.54, 1.807) is 32.5 Å². The standard InChI is InChI=1S/C20H30N3O4SSe/c1-20(2,3)27-19(25)22-12-11-21-18(29)23-16(10-13-28-4)17(24)26-14-15-8-6-5-7-9-15/h5-9,16H,10-14H2,1-4H3,(H,21,23)(H,22,25)/t16-/m0/s1. The molecule has 0 aliphatic heterocycles. The molecule has 1 rings (SSSR count). The molecule has 1 amide bonds. The zero-order chi connectivity index (χ0) is 21.7. The van der Waals surface area contributed by atoms with Crippen LogP contribution < -0.4 is 10.6 Å². The van der Waals surface area contributed by atoms with E-state index in [2.05, 4.69) is 31.6 Å². The average Bonchev–Trinajstić information content (AvgIpc) is 2.66. The van der Waals surface area contributed by atoms with E-state index in [9.17, 15) is 9.59 Å². The fraction of sp³-hybridized carbons (Fsp3) is 0.550. The zero-order valence-corrected chi connectivity index (χ0v) is 19.9. The number of ether oxygens (including phenoxy) is 2. The van der Waals surface area contributed by atoms with Gasteiger partial charge in [-0.05, 0) is 0 Å². The first-order chi connectivity index (χ1) is 13.7. The van der Waals surface area contributed by atoms with Crippen molar-refractivity contribution >= 4 is 44.6 Å². The number of hydrogen-bond donors (Lipinski definition) is 2. The number of carbonyl (C=O) groups is 2. The second-order valence-electron chi connectivity index (χ2n) is 7.19. The number of aliphatic imine (C=N–C) groups is 1. The summed E-state index contributed by atoms with van der Waals surface area (Å²) >= 11 is 4.48. The van der Waals surface area contributed by atoms with E-state index in [1.165, 1.54) is 0 Å². The summed E-state index contributed by atoms with van der Waals surface area (Å²) in [5.41, 5.74) is 0.401. The molecular weight excluding hydrogens is 457 g/mol. The Hall–Kier alpha value is -1.70. The Balaban J connectivity index is 2.47. The van der Waals surface area contributed by atoms with Gasteiger partial charge in [0.1, 0.15) is 0 Å². The summed E-state index contributed by atoms with van der Waals surface area (Å²) in [4.78, 5) is 28.4. The van der Waals surface area contributed by atoms with Gasteiger partial charge in [-0.25, -0.2) is 0 Å². The third-order valence-electron chi connectivity index (χ3n) is 3.45. The first-order valence-corrected chi connectivity index (χ1v) is 11.6. The van der Waals surface area contributed by atoms with E-state index < -0.39 is 17.7 Å². The molecule has 0 fully saturated rings. The van der Waals surface area contributed by atoms with E-state index in [0.717, 1.165) is 11.3 Å². The van der Waals surface area contributed by atoms with Gasteiger partial charge in [0.15, 0.2) is 0 Å². The van der Waals surface area contributed by atoms with Crippen molar-refractivity contribution in [3.8, 4) is 0 Å². The first kappa shape index (κ1) is 25.3. The molecule has 161 valence electrons. The Bertz CT molecular complexity index is 665. The summed E-state index contributed by atoms with van der Waals surface area (Å²) in [5, 5.41) is 5.72. The Kier molecular flexibility index (Phi) is 11.8. The molecule has 0 bridgehead atoms. The van der Waals surface area contributed by atoms with Crippen molar-refractivity contribution in [3.05, 3.63) is 35.9 Å². The molecule has 0 saturated heterocycles. The third kappa shape index (κ3) is 12.5. The van der Waals surface area contributed by atoms with Crippen LogP contribution in [0.1, 0.15) is 32.8 Å². The van der Waals surface area contributed by atoms with Gasteiger partial charge >= 0.3 is 186 Å². The van der Waals surface area contributed by atoms with Crippen LogP contribution in [0, 0.1) is 0 Å². The molecule has 1 aromatic carbocycles. The normalized spacial score (nSPS) is 12.8. The van der Waals surface area contributed by atoms with Gasteiger partial charge in [0.2, 0.25) is 0 Å². The second-order valence-corrected chi connectivity index (χ2v) is 8.98. The van der Waals surface area contributed by atoms with Crippen molar-refractivity contribution < 1.29 is 19.1 Å². The van der Waals surface area contributed by atoms with Crippen molar-refractivity contribution in [1.29, 1.82) is 0 Å². The fourth-order valence-corrected chi connectivity index (χ4v) is 3.10. The van der Waals surface area contributed by atoms with E-state index in [4.69, 9.17) is 9.47 Å². The maximum atomic E-state index is 12.5. The van der Waals surface area contributed by atoms with Crippen LogP contribution in [-0.4, -0.2) is 69.6 Å². The SMILES string of the molecule is CSCC[C@H](NC([Se])=NCCNC(=O)OC(C)(C)C)C(=O)OCc1ccccc1. The predicted octanol–water partition coefficient (Wildman–Crippen LogP) is 2.49. The molecule has 29 heavy (non-hydrogen) atoms. The molecular formula is C20H30N3O4SSe. The number of carbonyl (C=O) groups excluding carboxylic acids is 2. The average molecular weight is 488 g/mol. The van der Waals surface area contributed by atoms with Crippen molar-refractivity contribution in [1.82, 2.24) is 10.6 Å². The van der Waals surface area contributed by atoms with Crippen molar-refractivity contribution in [2.75, 3.05) is 25.1 Å². The molecule has 9 heteroatoms. The van der Waals surface area contributed by atoms with Crippen LogP contribution in [0.5, 0.6) is 0 Å². The molecule has 0 aliphatic carbocycles. The van der Waals surface area contributed by atoms with Crippen LogP contribution in [0.4, 0.5) is 4.79 Å². The summed E-state index contributed by atoms with van der Waals surface area (Å²) in [6, 6.07) is 9.06. The fourth-order valence-electron chi connectivity index (χ4n) is 2.14. The molecule has 1 radical (unpaired) electrons. The Labute approximate surface area is 185 Å². The van der Waals surface area contributed by atoms with Crippen LogP contribution in [0.3, 0.4) is 0 Å². The number of benzene rings is 1. The summed E-state index contributed by atoms with van der Waals surface area (Å²) in [7, 11) is 0. The number of hydrogen-bond acceptors (Lipinski definition) is 6. The molecule has 0 unspecified atom stereocenters. The molecule has 2 N–H and O–H groups in total. The molecule has 1 atom stereocenters. The second kappa shape index (κ2) is 13.5. The molecule has 0 aliphatic rings. The Morgan fingerprint density at radius 3 is 2.55 bits per heavy atom. The number of amidine groups is 1. The van der Waals surface area contributed by atoms with Gasteiger partial charge in [0.05, 0.1) is 0 Å². The molecule has 0 aromatic heterocycles. The number of rotatable bonds is 10. The van der Waals surface area contributed by atoms with E-state index in [-0.39, 0.29) is 12.6 Å². The van der Waals surface area contributed by atoms with Crippen molar-refractivity contribution in [3.63, 3.8) is 0 Å². The molecule has 0 saturated carbocycles. The monoisotopic (exact) mass is 488 g/mol. The van der Waals surface area contributed by atoms with Gasteiger partial charge < -0.3 is 0 Å². The molecule has 1 aromatic rings. The van der Waals surface area contributed by atoms with Crippen molar-refractivity contribution in [2.45, 2.75) is 45.4 Å². The van der Waals surface area contributed by atoms with Crippen LogP contribution in [0.2, 0.25) is 0 Å². The maximum absolute atomic E-state index is 12.5. The van der Waals surface area contributed by atoms with Crippen LogP contribution in [0.25, 0.3) is 0 Å². The summed E-state index contributed by atoms with van der Waals surface area (Å²) in [5.74, 6) is 0.490. The number of esters is 1. The Morgan fingerprint density at radius 2 is 1.93 bits per heavy atom. The molecule has 0 spiro atoms. The summed E-state index contributed by atoms with van der Waals surface area (Å²) in [6.45, 7) is 6.33. The van der Waals surface area contributed by atoms with Crippen LogP contribution >= 0.6 is 11.8 Å². The van der Waals surface area contributed by atoms with Crippen LogP contribution in [-0.2, 0) is 20.9 Å². The van der Waals surface area contributed by atoms with Gasteiger partial charge in [0, 0.05) is 0 Å².